The first-order valence-electron chi connectivity index (χ1n) is 9.93. The van der Waals surface area contributed by atoms with Gasteiger partial charge in [-0.3, -0.25) is 4.79 Å². The Hall–Kier alpha value is -2.30. The topological polar surface area (TPSA) is 114 Å². The molecule has 0 unspecified atom stereocenters. The van der Waals surface area contributed by atoms with Crippen molar-refractivity contribution in [3.63, 3.8) is 0 Å². The number of aromatic amines is 1. The average molecular weight is 451 g/mol. The van der Waals surface area contributed by atoms with Gasteiger partial charge in [0, 0.05) is 24.0 Å². The van der Waals surface area contributed by atoms with Gasteiger partial charge in [0.2, 0.25) is 10.0 Å². The Balaban J connectivity index is 1.67. The molecule has 30 heavy (non-hydrogen) atoms. The summed E-state index contributed by atoms with van der Waals surface area (Å²) in [6.07, 6.45) is 2.03. The highest BCUT2D eigenvalue weighted by molar-refractivity contribution is 7.89. The fourth-order valence-electron chi connectivity index (χ4n) is 3.78. The van der Waals surface area contributed by atoms with Crippen LogP contribution in [-0.2, 0) is 16.6 Å². The molecule has 1 saturated heterocycles. The van der Waals surface area contributed by atoms with Crippen LogP contribution in [0, 0.1) is 0 Å². The SMILES string of the molecule is CCCS(=O)(=O)N1CCC[C@H](c2nc3c(nnn3Cc3ccccc3Cl)c(=O)[nH]2)C1. The number of H-pyrrole nitrogens is 1. The van der Waals surface area contributed by atoms with E-state index in [1.165, 1.54) is 4.31 Å². The molecular weight excluding hydrogens is 428 g/mol. The lowest BCUT2D eigenvalue weighted by molar-refractivity contribution is 0.309. The molecule has 3 aromatic rings. The van der Waals surface area contributed by atoms with Crippen molar-refractivity contribution in [2.75, 3.05) is 18.8 Å². The number of piperidine rings is 1. The van der Waals surface area contributed by atoms with Gasteiger partial charge in [-0.1, -0.05) is 41.9 Å². The first-order chi connectivity index (χ1) is 14.4. The van der Waals surface area contributed by atoms with Crippen molar-refractivity contribution in [1.29, 1.82) is 0 Å². The van der Waals surface area contributed by atoms with Crippen molar-refractivity contribution in [3.8, 4) is 0 Å². The van der Waals surface area contributed by atoms with Crippen LogP contribution in [0.5, 0.6) is 0 Å². The highest BCUT2D eigenvalue weighted by Gasteiger charge is 2.30. The van der Waals surface area contributed by atoms with E-state index in [4.69, 9.17) is 11.6 Å². The van der Waals surface area contributed by atoms with Gasteiger partial charge in [-0.25, -0.2) is 22.4 Å². The number of nitrogens with zero attached hydrogens (tertiary/aromatic N) is 5. The minimum Gasteiger partial charge on any atom is -0.308 e. The third-order valence-electron chi connectivity index (χ3n) is 5.30. The number of halogens is 1. The molecule has 4 rings (SSSR count). The summed E-state index contributed by atoms with van der Waals surface area (Å²) in [5.41, 5.74) is 0.970. The molecule has 1 aliphatic rings. The van der Waals surface area contributed by atoms with E-state index in [1.54, 1.807) is 10.7 Å². The standard InChI is InChI=1S/C19H23ClN6O3S/c1-2-10-30(28,29)25-9-5-7-14(11-25)17-21-18-16(19(27)22-17)23-24-26(18)12-13-6-3-4-8-15(13)20/h3-4,6,8,14H,2,5,7,9-12H2,1H3,(H,21,22,27)/t14-/m0/s1. The second-order valence-corrected chi connectivity index (χ2v) is 9.97. The van der Waals surface area contributed by atoms with Gasteiger partial charge in [0.05, 0.1) is 12.3 Å². The zero-order valence-corrected chi connectivity index (χ0v) is 18.2. The van der Waals surface area contributed by atoms with Crippen LogP contribution in [-0.4, -0.2) is 56.5 Å². The van der Waals surface area contributed by atoms with Crippen molar-refractivity contribution in [2.45, 2.75) is 38.6 Å². The van der Waals surface area contributed by atoms with Gasteiger partial charge in [0.1, 0.15) is 5.82 Å². The number of rotatable bonds is 6. The lowest BCUT2D eigenvalue weighted by Crippen LogP contribution is -2.41. The van der Waals surface area contributed by atoms with E-state index in [0.717, 1.165) is 12.0 Å². The maximum absolute atomic E-state index is 12.6. The van der Waals surface area contributed by atoms with Crippen molar-refractivity contribution >= 4 is 32.8 Å². The van der Waals surface area contributed by atoms with Gasteiger partial charge in [-0.2, -0.15) is 0 Å². The minimum absolute atomic E-state index is 0.122. The molecule has 1 aliphatic heterocycles. The molecule has 1 N–H and O–H groups in total. The summed E-state index contributed by atoms with van der Waals surface area (Å²) < 4.78 is 28.0. The van der Waals surface area contributed by atoms with Gasteiger partial charge in [-0.05, 0) is 30.9 Å². The number of aromatic nitrogens is 5. The van der Waals surface area contributed by atoms with Crippen LogP contribution >= 0.6 is 11.6 Å². The minimum atomic E-state index is -3.30. The summed E-state index contributed by atoms with van der Waals surface area (Å²) in [7, 11) is -3.30. The van der Waals surface area contributed by atoms with E-state index < -0.39 is 10.0 Å². The molecule has 2 aromatic heterocycles. The van der Waals surface area contributed by atoms with Crippen molar-refractivity contribution in [3.05, 3.63) is 51.0 Å². The molecule has 9 nitrogen and oxygen atoms in total. The Morgan fingerprint density at radius 1 is 1.30 bits per heavy atom. The molecule has 0 amide bonds. The highest BCUT2D eigenvalue weighted by Crippen LogP contribution is 2.27. The Labute approximate surface area is 179 Å². The quantitative estimate of drug-likeness (QED) is 0.615. The molecule has 160 valence electrons. The van der Waals surface area contributed by atoms with Crippen LogP contribution in [0.3, 0.4) is 0 Å². The molecule has 0 saturated carbocycles. The molecule has 0 radical (unpaired) electrons. The van der Waals surface area contributed by atoms with Crippen molar-refractivity contribution in [1.82, 2.24) is 29.3 Å². The van der Waals surface area contributed by atoms with Crippen LogP contribution in [0.2, 0.25) is 5.02 Å². The van der Waals surface area contributed by atoms with Crippen molar-refractivity contribution in [2.24, 2.45) is 0 Å². The first-order valence-corrected chi connectivity index (χ1v) is 11.9. The predicted molar refractivity (Wildman–Crippen MR) is 114 cm³/mol. The van der Waals surface area contributed by atoms with Gasteiger partial charge >= 0.3 is 0 Å². The van der Waals surface area contributed by atoms with Crippen LogP contribution in [0.15, 0.2) is 29.1 Å². The summed E-state index contributed by atoms with van der Waals surface area (Å²) in [6.45, 7) is 2.98. The lowest BCUT2D eigenvalue weighted by Gasteiger charge is -2.31. The first kappa shape index (κ1) is 21.0. The smallest absolute Gasteiger partial charge is 0.281 e. The van der Waals surface area contributed by atoms with E-state index in [-0.39, 0.29) is 22.7 Å². The normalized spacial score (nSPS) is 18.1. The zero-order chi connectivity index (χ0) is 21.3. The van der Waals surface area contributed by atoms with Gasteiger partial charge in [0.15, 0.2) is 11.2 Å². The molecule has 0 aliphatic carbocycles. The number of sulfonamides is 1. The fraction of sp³-hybridized carbons (Fsp3) is 0.474. The Morgan fingerprint density at radius 2 is 2.10 bits per heavy atom. The molecule has 0 bridgehead atoms. The van der Waals surface area contributed by atoms with Gasteiger partial charge in [-0.15, -0.1) is 5.10 Å². The lowest BCUT2D eigenvalue weighted by atomic mass is 9.99. The van der Waals surface area contributed by atoms with Crippen LogP contribution in [0.25, 0.3) is 11.2 Å². The summed E-state index contributed by atoms with van der Waals surface area (Å²) in [4.78, 5) is 20.0. The Morgan fingerprint density at radius 3 is 2.87 bits per heavy atom. The zero-order valence-electron chi connectivity index (χ0n) is 16.6. The molecule has 1 atom stereocenters. The van der Waals surface area contributed by atoms with Crippen molar-refractivity contribution < 1.29 is 8.42 Å². The monoisotopic (exact) mass is 450 g/mol. The largest absolute Gasteiger partial charge is 0.308 e. The summed E-state index contributed by atoms with van der Waals surface area (Å²) in [5, 5.41) is 8.64. The second kappa shape index (κ2) is 8.44. The van der Waals surface area contributed by atoms with E-state index in [9.17, 15) is 13.2 Å². The number of fused-ring (bicyclic) bond motifs is 1. The Kier molecular flexibility index (Phi) is 5.90. The Bertz CT molecular complexity index is 1220. The summed E-state index contributed by atoms with van der Waals surface area (Å²) >= 11 is 6.25. The number of hydrogen-bond acceptors (Lipinski definition) is 6. The van der Waals surface area contributed by atoms with Gasteiger partial charge in [0.25, 0.3) is 5.56 Å². The van der Waals surface area contributed by atoms with E-state index in [1.807, 2.05) is 25.1 Å². The fourth-order valence-corrected chi connectivity index (χ4v) is 5.56. The predicted octanol–water partition coefficient (Wildman–Crippen LogP) is 2.14. The molecule has 3 heterocycles. The maximum atomic E-state index is 12.6. The number of hydrogen-bond donors (Lipinski definition) is 1. The number of benzene rings is 1. The summed E-state index contributed by atoms with van der Waals surface area (Å²) in [6, 6.07) is 7.38. The van der Waals surface area contributed by atoms with Crippen LogP contribution in [0.4, 0.5) is 0 Å². The molecule has 11 heteroatoms. The van der Waals surface area contributed by atoms with Gasteiger partial charge < -0.3 is 4.98 Å². The number of nitrogens with one attached hydrogen (secondary N) is 1. The third kappa shape index (κ3) is 4.12. The third-order valence-corrected chi connectivity index (χ3v) is 7.71. The molecular formula is C19H23ClN6O3S. The molecule has 0 spiro atoms. The molecule has 1 fully saturated rings. The van der Waals surface area contributed by atoms with E-state index in [0.29, 0.717) is 49.0 Å². The highest BCUT2D eigenvalue weighted by atomic mass is 35.5. The maximum Gasteiger partial charge on any atom is 0.281 e. The van der Waals surface area contributed by atoms with Crippen LogP contribution < -0.4 is 5.56 Å². The van der Waals surface area contributed by atoms with E-state index in [2.05, 4.69) is 20.3 Å². The van der Waals surface area contributed by atoms with E-state index >= 15 is 0 Å². The average Bonchev–Trinajstić information content (AvgIpc) is 3.13. The second-order valence-electron chi connectivity index (χ2n) is 7.48. The molecule has 1 aromatic carbocycles. The summed E-state index contributed by atoms with van der Waals surface area (Å²) in [5.74, 6) is 0.398. The van der Waals surface area contributed by atoms with Crippen LogP contribution in [0.1, 0.15) is 43.5 Å².